The maximum Gasteiger partial charge on any atom is 0.229 e. The quantitative estimate of drug-likeness (QED) is 0.293. The van der Waals surface area contributed by atoms with Crippen molar-refractivity contribution in [3.8, 4) is 11.8 Å². The Morgan fingerprint density at radius 2 is 1.82 bits per heavy atom. The van der Waals surface area contributed by atoms with Crippen LogP contribution in [-0.2, 0) is 11.2 Å². The number of nitrogens with zero attached hydrogens (tertiary/aromatic N) is 4. The van der Waals surface area contributed by atoms with Crippen LogP contribution in [0.3, 0.4) is 0 Å². The van der Waals surface area contributed by atoms with E-state index in [1.165, 1.54) is 5.56 Å². The average Bonchev–Trinajstić information content (AvgIpc) is 3.49. The van der Waals surface area contributed by atoms with Gasteiger partial charge in [-0.3, -0.25) is 4.79 Å². The number of anilines is 1. The fraction of sp³-hybridized carbons (Fsp3) is 0.310. The van der Waals surface area contributed by atoms with Crippen molar-refractivity contribution in [2.45, 2.75) is 31.1 Å². The summed E-state index contributed by atoms with van der Waals surface area (Å²) in [5.74, 6) is 6.53. The van der Waals surface area contributed by atoms with Gasteiger partial charge in [-0.2, -0.15) is 0 Å². The Kier molecular flexibility index (Phi) is 6.06. The van der Waals surface area contributed by atoms with Gasteiger partial charge in [0, 0.05) is 25.1 Å². The predicted molar refractivity (Wildman–Crippen MR) is 142 cm³/mol. The molecule has 2 aliphatic rings. The van der Waals surface area contributed by atoms with E-state index in [4.69, 9.17) is 4.98 Å². The minimum Gasteiger partial charge on any atom is -0.389 e. The Morgan fingerprint density at radius 3 is 2.55 bits per heavy atom. The van der Waals surface area contributed by atoms with Gasteiger partial charge in [-0.25, -0.2) is 15.0 Å². The van der Waals surface area contributed by atoms with Gasteiger partial charge >= 0.3 is 0 Å². The molecule has 0 radical (unpaired) electrons. The van der Waals surface area contributed by atoms with E-state index in [2.05, 4.69) is 44.6 Å². The number of aliphatic hydroxyl groups excluding tert-OH is 2. The van der Waals surface area contributed by atoms with E-state index in [0.717, 1.165) is 12.0 Å². The minimum atomic E-state index is -1.17. The molecule has 9 nitrogen and oxygen atoms in total. The fourth-order valence-corrected chi connectivity index (χ4v) is 5.72. The zero-order valence-electron chi connectivity index (χ0n) is 20.9. The van der Waals surface area contributed by atoms with Crippen molar-refractivity contribution in [3.05, 3.63) is 83.9 Å². The number of fused-ring (bicyclic) bond motifs is 2. The van der Waals surface area contributed by atoms with Crippen molar-refractivity contribution in [2.75, 3.05) is 18.9 Å². The van der Waals surface area contributed by atoms with Gasteiger partial charge in [-0.15, -0.1) is 0 Å². The molecule has 9 heteroatoms. The number of hydrogen-bond donors (Lipinski definition) is 4. The number of carbonyl (C=O) groups is 1. The summed E-state index contributed by atoms with van der Waals surface area (Å²) in [6.45, 7) is 0.627. The first kappa shape index (κ1) is 24.1. The van der Waals surface area contributed by atoms with E-state index in [0.29, 0.717) is 35.8 Å². The third-order valence-corrected chi connectivity index (χ3v) is 7.71. The number of imidazole rings is 1. The molecule has 6 rings (SSSR count). The van der Waals surface area contributed by atoms with Crippen LogP contribution in [0.4, 0.5) is 5.82 Å². The molecule has 2 aromatic carbocycles. The second-order valence-electron chi connectivity index (χ2n) is 9.85. The van der Waals surface area contributed by atoms with Gasteiger partial charge in [0.2, 0.25) is 11.7 Å². The van der Waals surface area contributed by atoms with Gasteiger partial charge in [0.05, 0.1) is 23.9 Å². The van der Waals surface area contributed by atoms with Crippen LogP contribution in [0.2, 0.25) is 0 Å². The molecule has 192 valence electrons. The van der Waals surface area contributed by atoms with E-state index >= 15 is 0 Å². The molecule has 38 heavy (non-hydrogen) atoms. The van der Waals surface area contributed by atoms with Gasteiger partial charge < -0.3 is 25.4 Å². The van der Waals surface area contributed by atoms with Gasteiger partial charge in [0.25, 0.3) is 0 Å². The molecule has 1 amide bonds. The molecule has 2 saturated carbocycles. The molecule has 2 heterocycles. The van der Waals surface area contributed by atoms with Crippen LogP contribution >= 0.6 is 0 Å². The smallest absolute Gasteiger partial charge is 0.229 e. The second kappa shape index (κ2) is 9.56. The number of benzene rings is 2. The summed E-state index contributed by atoms with van der Waals surface area (Å²) in [5.41, 5.74) is 2.08. The lowest BCUT2D eigenvalue weighted by atomic mass is 9.98. The van der Waals surface area contributed by atoms with Gasteiger partial charge in [0.15, 0.2) is 17.0 Å². The molecule has 0 unspecified atom stereocenters. The Bertz CT molecular complexity index is 1540. The molecule has 0 aliphatic heterocycles. The van der Waals surface area contributed by atoms with Crippen molar-refractivity contribution in [2.24, 2.45) is 11.3 Å². The van der Waals surface area contributed by atoms with E-state index in [-0.39, 0.29) is 11.8 Å². The third-order valence-electron chi connectivity index (χ3n) is 7.71. The SMILES string of the molecule is CNC(=O)[C@@]12C[C@@H]1[C@@H](n1cnc3c(NCCc4ccccc4)nc(C#Cc4ccccc4)nc31)[C@H](O)[C@@H]2O. The standard InChI is InChI=1S/C29H28N6O3/c1-30-28(38)29-16-20(29)23(24(36)25(29)37)35-17-32-22-26(31-15-14-19-10-6-3-7-11-19)33-21(34-27(22)35)13-12-18-8-4-2-5-9-18/h2-11,17,20,23-25,36-37H,14-16H2,1H3,(H,30,38)(H,31,33,34)/t20-,23-,24+,25+,29+/m1/s1. The Morgan fingerprint density at radius 1 is 1.08 bits per heavy atom. The maximum atomic E-state index is 12.6. The molecular formula is C29H28N6O3. The summed E-state index contributed by atoms with van der Waals surface area (Å²) >= 11 is 0. The Balaban J connectivity index is 1.37. The van der Waals surface area contributed by atoms with Crippen molar-refractivity contribution in [1.29, 1.82) is 0 Å². The highest BCUT2D eigenvalue weighted by Gasteiger charge is 2.75. The van der Waals surface area contributed by atoms with Crippen LogP contribution in [0.15, 0.2) is 67.0 Å². The highest BCUT2D eigenvalue weighted by molar-refractivity contribution is 5.88. The van der Waals surface area contributed by atoms with Crippen molar-refractivity contribution >= 4 is 22.9 Å². The first-order valence-electron chi connectivity index (χ1n) is 12.7. The van der Waals surface area contributed by atoms with E-state index in [9.17, 15) is 15.0 Å². The molecule has 5 atom stereocenters. The highest BCUT2D eigenvalue weighted by Crippen LogP contribution is 2.67. The van der Waals surface area contributed by atoms with Crippen LogP contribution < -0.4 is 10.6 Å². The molecule has 0 bridgehead atoms. The molecule has 0 spiro atoms. The minimum absolute atomic E-state index is 0.229. The average molecular weight is 509 g/mol. The zero-order chi connectivity index (χ0) is 26.3. The summed E-state index contributed by atoms with van der Waals surface area (Å²) in [7, 11) is 1.55. The lowest BCUT2D eigenvalue weighted by molar-refractivity contribution is -0.132. The summed E-state index contributed by atoms with van der Waals surface area (Å²) < 4.78 is 1.77. The van der Waals surface area contributed by atoms with Crippen LogP contribution in [0.25, 0.3) is 11.2 Å². The monoisotopic (exact) mass is 508 g/mol. The van der Waals surface area contributed by atoms with Crippen LogP contribution in [0, 0.1) is 23.2 Å². The predicted octanol–water partition coefficient (Wildman–Crippen LogP) is 1.91. The Hall–Kier alpha value is -4.26. The molecule has 4 aromatic rings. The molecule has 2 aromatic heterocycles. The molecule has 4 N–H and O–H groups in total. The highest BCUT2D eigenvalue weighted by atomic mass is 16.3. The topological polar surface area (TPSA) is 125 Å². The summed E-state index contributed by atoms with van der Waals surface area (Å²) in [6.07, 6.45) is 0.588. The molecule has 2 fully saturated rings. The lowest BCUT2D eigenvalue weighted by Gasteiger charge is -2.23. The summed E-state index contributed by atoms with van der Waals surface area (Å²) in [4.78, 5) is 26.6. The number of aromatic nitrogens is 4. The number of carbonyl (C=O) groups excluding carboxylic acids is 1. The van der Waals surface area contributed by atoms with Crippen LogP contribution in [0.1, 0.15) is 29.4 Å². The van der Waals surface area contributed by atoms with Crippen molar-refractivity contribution < 1.29 is 15.0 Å². The second-order valence-corrected chi connectivity index (χ2v) is 9.85. The number of aliphatic hydroxyl groups is 2. The number of nitrogens with one attached hydrogen (secondary N) is 2. The van der Waals surface area contributed by atoms with Gasteiger partial charge in [-0.1, -0.05) is 54.5 Å². The first-order chi connectivity index (χ1) is 18.5. The zero-order valence-corrected chi connectivity index (χ0v) is 20.9. The third kappa shape index (κ3) is 3.99. The lowest BCUT2D eigenvalue weighted by Crippen LogP contribution is -2.41. The van der Waals surface area contributed by atoms with E-state index < -0.39 is 23.7 Å². The fourth-order valence-electron chi connectivity index (χ4n) is 5.72. The van der Waals surface area contributed by atoms with Crippen LogP contribution in [-0.4, -0.2) is 61.4 Å². The van der Waals surface area contributed by atoms with Crippen molar-refractivity contribution in [1.82, 2.24) is 24.8 Å². The number of amides is 1. The largest absolute Gasteiger partial charge is 0.389 e. The van der Waals surface area contributed by atoms with E-state index in [1.54, 1.807) is 17.9 Å². The van der Waals surface area contributed by atoms with Crippen molar-refractivity contribution in [3.63, 3.8) is 0 Å². The molecule has 2 aliphatic carbocycles. The molecular weight excluding hydrogens is 480 g/mol. The normalized spacial score (nSPS) is 25.3. The number of hydrogen-bond acceptors (Lipinski definition) is 7. The summed E-state index contributed by atoms with van der Waals surface area (Å²) in [5, 5.41) is 27.9. The van der Waals surface area contributed by atoms with Gasteiger partial charge in [0.1, 0.15) is 6.10 Å². The molecule has 0 saturated heterocycles. The van der Waals surface area contributed by atoms with Crippen LogP contribution in [0.5, 0.6) is 0 Å². The Labute approximate surface area is 220 Å². The number of rotatable bonds is 6. The maximum absolute atomic E-state index is 12.6. The van der Waals surface area contributed by atoms with Gasteiger partial charge in [-0.05, 0) is 36.5 Å². The van der Waals surface area contributed by atoms with E-state index in [1.807, 2.05) is 48.5 Å². The summed E-state index contributed by atoms with van der Waals surface area (Å²) in [6, 6.07) is 19.2. The first-order valence-corrected chi connectivity index (χ1v) is 12.7.